The van der Waals surface area contributed by atoms with Crippen molar-refractivity contribution in [1.29, 1.82) is 0 Å². The number of Topliss-reactive ketones (excluding diaryl/α,β-unsaturated/α-hetero) is 1. The van der Waals surface area contributed by atoms with Gasteiger partial charge in [-0.05, 0) is 61.6 Å². The van der Waals surface area contributed by atoms with Crippen LogP contribution < -0.4 is 10.1 Å². The van der Waals surface area contributed by atoms with Gasteiger partial charge in [-0.3, -0.25) is 14.4 Å². The number of ketones is 1. The molecule has 4 rings (SSSR count). The summed E-state index contributed by atoms with van der Waals surface area (Å²) >= 11 is 5.90. The Kier molecular flexibility index (Phi) is 6.56. The van der Waals surface area contributed by atoms with Crippen LogP contribution in [0, 0.1) is 5.92 Å². The van der Waals surface area contributed by atoms with E-state index in [0.29, 0.717) is 54.4 Å². The number of fused-ring (bicyclic) bond motifs is 1. The van der Waals surface area contributed by atoms with Crippen LogP contribution in [0.15, 0.2) is 42.5 Å². The van der Waals surface area contributed by atoms with Gasteiger partial charge in [0, 0.05) is 36.0 Å². The molecule has 6 nitrogen and oxygen atoms in total. The number of likely N-dealkylation sites (tertiary alicyclic amines) is 1. The van der Waals surface area contributed by atoms with Crippen molar-refractivity contribution in [2.24, 2.45) is 5.92 Å². The Morgan fingerprint density at radius 1 is 1.10 bits per heavy atom. The molecular weight excluding hydrogens is 416 g/mol. The summed E-state index contributed by atoms with van der Waals surface area (Å²) in [5.74, 6) is 0.442. The molecule has 162 valence electrons. The first-order valence-corrected chi connectivity index (χ1v) is 11.0. The molecule has 2 aromatic rings. The van der Waals surface area contributed by atoms with Crippen LogP contribution in [0.5, 0.6) is 5.75 Å². The SMILES string of the molecule is O=C1COc2ccc(C(=O)C3CCN(C(=O)CCCc4ccc(Cl)cc4)CC3)cc2N1. The van der Waals surface area contributed by atoms with Gasteiger partial charge in [-0.15, -0.1) is 0 Å². The van der Waals surface area contributed by atoms with Gasteiger partial charge in [-0.1, -0.05) is 23.7 Å². The molecule has 2 heterocycles. The van der Waals surface area contributed by atoms with E-state index in [1.54, 1.807) is 18.2 Å². The van der Waals surface area contributed by atoms with Gasteiger partial charge < -0.3 is 15.0 Å². The van der Waals surface area contributed by atoms with Gasteiger partial charge in [0.05, 0.1) is 5.69 Å². The van der Waals surface area contributed by atoms with Crippen molar-refractivity contribution in [2.75, 3.05) is 25.0 Å². The highest BCUT2D eigenvalue weighted by molar-refractivity contribution is 6.30. The highest BCUT2D eigenvalue weighted by atomic mass is 35.5. The van der Waals surface area contributed by atoms with Crippen LogP contribution in [0.2, 0.25) is 5.02 Å². The molecule has 0 aliphatic carbocycles. The fourth-order valence-corrected chi connectivity index (χ4v) is 4.24. The van der Waals surface area contributed by atoms with E-state index in [-0.39, 0.29) is 30.1 Å². The molecule has 0 aromatic heterocycles. The third-order valence-corrected chi connectivity index (χ3v) is 6.14. The summed E-state index contributed by atoms with van der Waals surface area (Å²) in [6.45, 7) is 1.19. The lowest BCUT2D eigenvalue weighted by Crippen LogP contribution is -2.40. The maximum Gasteiger partial charge on any atom is 0.262 e. The van der Waals surface area contributed by atoms with Crippen LogP contribution >= 0.6 is 11.6 Å². The molecule has 2 aromatic carbocycles. The van der Waals surface area contributed by atoms with Crippen molar-refractivity contribution < 1.29 is 19.1 Å². The number of halogens is 1. The molecule has 7 heteroatoms. The Hall–Kier alpha value is -2.86. The molecule has 31 heavy (non-hydrogen) atoms. The molecule has 1 N–H and O–H groups in total. The van der Waals surface area contributed by atoms with E-state index in [2.05, 4.69) is 5.32 Å². The highest BCUT2D eigenvalue weighted by Crippen LogP contribution is 2.31. The molecule has 0 radical (unpaired) electrons. The number of aryl methyl sites for hydroxylation is 1. The lowest BCUT2D eigenvalue weighted by Gasteiger charge is -2.31. The molecule has 0 atom stereocenters. The minimum Gasteiger partial charge on any atom is -0.482 e. The lowest BCUT2D eigenvalue weighted by atomic mass is 9.88. The van der Waals surface area contributed by atoms with E-state index in [0.717, 1.165) is 12.8 Å². The zero-order valence-electron chi connectivity index (χ0n) is 17.2. The Balaban J connectivity index is 1.25. The number of piperidine rings is 1. The topological polar surface area (TPSA) is 75.7 Å². The third-order valence-electron chi connectivity index (χ3n) is 5.88. The van der Waals surface area contributed by atoms with Gasteiger partial charge in [0.2, 0.25) is 5.91 Å². The summed E-state index contributed by atoms with van der Waals surface area (Å²) in [6, 6.07) is 12.9. The Morgan fingerprint density at radius 2 is 1.84 bits per heavy atom. The number of ether oxygens (including phenoxy) is 1. The normalized spacial score (nSPS) is 16.3. The highest BCUT2D eigenvalue weighted by Gasteiger charge is 2.28. The van der Waals surface area contributed by atoms with Crippen molar-refractivity contribution in [3.63, 3.8) is 0 Å². The summed E-state index contributed by atoms with van der Waals surface area (Å²) in [7, 11) is 0. The number of hydrogen-bond donors (Lipinski definition) is 1. The molecule has 1 saturated heterocycles. The zero-order valence-corrected chi connectivity index (χ0v) is 18.0. The van der Waals surface area contributed by atoms with Gasteiger partial charge in [-0.25, -0.2) is 0 Å². The van der Waals surface area contributed by atoms with E-state index in [1.165, 1.54) is 5.56 Å². The van der Waals surface area contributed by atoms with Crippen molar-refractivity contribution in [1.82, 2.24) is 4.90 Å². The summed E-state index contributed by atoms with van der Waals surface area (Å²) < 4.78 is 5.35. The van der Waals surface area contributed by atoms with E-state index in [4.69, 9.17) is 16.3 Å². The van der Waals surface area contributed by atoms with E-state index in [9.17, 15) is 14.4 Å². The number of rotatable bonds is 6. The maximum atomic E-state index is 12.9. The number of carbonyl (C=O) groups is 3. The molecule has 0 saturated carbocycles. The van der Waals surface area contributed by atoms with Crippen LogP contribution in [0.4, 0.5) is 5.69 Å². The van der Waals surface area contributed by atoms with E-state index < -0.39 is 0 Å². The number of anilines is 1. The first-order chi connectivity index (χ1) is 15.0. The van der Waals surface area contributed by atoms with Gasteiger partial charge in [0.15, 0.2) is 12.4 Å². The van der Waals surface area contributed by atoms with Crippen LogP contribution in [0.1, 0.15) is 41.6 Å². The molecule has 2 aliphatic rings. The summed E-state index contributed by atoms with van der Waals surface area (Å²) in [6.07, 6.45) is 3.45. The maximum absolute atomic E-state index is 12.9. The summed E-state index contributed by atoms with van der Waals surface area (Å²) in [5.41, 5.74) is 2.28. The number of hydrogen-bond acceptors (Lipinski definition) is 4. The fraction of sp³-hybridized carbons (Fsp3) is 0.375. The largest absolute Gasteiger partial charge is 0.482 e. The van der Waals surface area contributed by atoms with Gasteiger partial charge in [-0.2, -0.15) is 0 Å². The van der Waals surface area contributed by atoms with Crippen molar-refractivity contribution in [2.45, 2.75) is 32.1 Å². The number of nitrogens with one attached hydrogen (secondary N) is 1. The van der Waals surface area contributed by atoms with Gasteiger partial charge in [0.25, 0.3) is 5.91 Å². The molecule has 0 bridgehead atoms. The first-order valence-electron chi connectivity index (χ1n) is 10.6. The summed E-state index contributed by atoms with van der Waals surface area (Å²) in [5, 5.41) is 3.45. The predicted octanol–water partition coefficient (Wildman–Crippen LogP) is 4.12. The zero-order chi connectivity index (χ0) is 21.8. The fourth-order valence-electron chi connectivity index (χ4n) is 4.12. The minimum atomic E-state index is -0.222. The molecule has 2 aliphatic heterocycles. The molecule has 1 fully saturated rings. The quantitative estimate of drug-likeness (QED) is 0.686. The number of amides is 2. The Labute approximate surface area is 186 Å². The lowest BCUT2D eigenvalue weighted by molar-refractivity contribution is -0.132. The monoisotopic (exact) mass is 440 g/mol. The second kappa shape index (κ2) is 9.52. The van der Waals surface area contributed by atoms with Crippen LogP contribution in [0.3, 0.4) is 0 Å². The van der Waals surface area contributed by atoms with Crippen molar-refractivity contribution in [3.05, 3.63) is 58.6 Å². The third kappa shape index (κ3) is 5.25. The van der Waals surface area contributed by atoms with Gasteiger partial charge >= 0.3 is 0 Å². The number of carbonyl (C=O) groups excluding carboxylic acids is 3. The summed E-state index contributed by atoms with van der Waals surface area (Å²) in [4.78, 5) is 38.9. The van der Waals surface area contributed by atoms with Crippen LogP contribution in [-0.4, -0.2) is 42.2 Å². The van der Waals surface area contributed by atoms with Gasteiger partial charge in [0.1, 0.15) is 5.75 Å². The van der Waals surface area contributed by atoms with E-state index >= 15 is 0 Å². The van der Waals surface area contributed by atoms with E-state index in [1.807, 2.05) is 29.2 Å². The molecular formula is C24H25ClN2O4. The van der Waals surface area contributed by atoms with Crippen molar-refractivity contribution >= 4 is 34.9 Å². The molecule has 2 amide bonds. The van der Waals surface area contributed by atoms with Crippen molar-refractivity contribution in [3.8, 4) is 5.75 Å². The predicted molar refractivity (Wildman–Crippen MR) is 119 cm³/mol. The Bertz CT molecular complexity index is 982. The minimum absolute atomic E-state index is 0.00746. The molecule has 0 spiro atoms. The average molecular weight is 441 g/mol. The average Bonchev–Trinajstić information content (AvgIpc) is 2.79. The second-order valence-corrected chi connectivity index (χ2v) is 8.48. The standard InChI is InChI=1S/C24H25ClN2O4/c25-19-7-4-16(5-8-19)2-1-3-23(29)27-12-10-17(11-13-27)24(30)18-6-9-21-20(14-18)26-22(28)15-31-21/h4-9,14,17H,1-3,10-13,15H2,(H,26,28). The second-order valence-electron chi connectivity index (χ2n) is 8.05. The number of benzene rings is 2. The molecule has 0 unspecified atom stereocenters. The Morgan fingerprint density at radius 3 is 2.58 bits per heavy atom. The first kappa shape index (κ1) is 21.4. The number of nitrogens with zero attached hydrogens (tertiary/aromatic N) is 1. The smallest absolute Gasteiger partial charge is 0.262 e. The van der Waals surface area contributed by atoms with Crippen LogP contribution in [0.25, 0.3) is 0 Å². The van der Waals surface area contributed by atoms with Crippen LogP contribution in [-0.2, 0) is 16.0 Å².